The summed E-state index contributed by atoms with van der Waals surface area (Å²) in [5.41, 5.74) is 4.38. The molecule has 7 fully saturated rings. The monoisotopic (exact) mass is 1870 g/mol. The number of carbonyl (C=O) groups is 9. The molecule has 14 heterocycles. The molecule has 0 bridgehead atoms. The first kappa shape index (κ1) is 96.5. The molecule has 0 aromatic carbocycles. The molecule has 10 aromatic rings. The molecule has 7 aliphatic rings. The lowest BCUT2D eigenvalue weighted by molar-refractivity contribution is -0.124. The normalized spacial score (nSPS) is 19.8. The number of carbonyl (C=O) groups excluding carboxylic acids is 9. The number of ether oxygens (including phenoxy) is 1. The Kier molecular flexibility index (Phi) is 33.6. The second kappa shape index (κ2) is 44.5. The van der Waals surface area contributed by atoms with Crippen LogP contribution in [0.2, 0.25) is 0 Å². The molecule has 684 valence electrons. The summed E-state index contributed by atoms with van der Waals surface area (Å²) in [7, 11) is 7.38. The van der Waals surface area contributed by atoms with Gasteiger partial charge in [0.2, 0.25) is 23.6 Å². The van der Waals surface area contributed by atoms with Crippen molar-refractivity contribution in [2.45, 2.75) is 160 Å². The van der Waals surface area contributed by atoms with Gasteiger partial charge < -0.3 is 61.3 Å². The fraction of sp³-hybridized carbons (Fsp3) is 0.461. The van der Waals surface area contributed by atoms with Crippen LogP contribution >= 0.6 is 22.6 Å². The van der Waals surface area contributed by atoms with E-state index in [4.69, 9.17) is 4.74 Å². The van der Waals surface area contributed by atoms with Crippen molar-refractivity contribution in [2.75, 3.05) is 93.2 Å². The van der Waals surface area contributed by atoms with Crippen LogP contribution in [0.15, 0.2) is 155 Å². The van der Waals surface area contributed by atoms with Crippen molar-refractivity contribution in [3.05, 3.63) is 209 Å². The minimum absolute atomic E-state index is 0. The van der Waals surface area contributed by atoms with E-state index in [1.165, 1.54) is 33.9 Å². The maximum atomic E-state index is 13.1. The molecule has 17 rings (SSSR count). The Hall–Kier alpha value is -12.2. The van der Waals surface area contributed by atoms with Crippen molar-refractivity contribution >= 4 is 110 Å². The first-order valence-electron chi connectivity index (χ1n) is 42.6. The van der Waals surface area contributed by atoms with Gasteiger partial charge in [-0.25, -0.2) is 4.79 Å². The molecule has 0 radical (unpaired) electrons. The molecule has 10 aromatic heterocycles. The molecule has 0 spiro atoms. The van der Waals surface area contributed by atoms with Gasteiger partial charge in [-0.15, -0.1) is 0 Å². The molecule has 39 heteroatoms. The van der Waals surface area contributed by atoms with Crippen LogP contribution < -0.4 is 58.0 Å². The SMILES string of the molecule is C.CC(C)(C)OC(=O)N1CCNC(=O)C1.Cn1cc(I)cn1.Cn1cc(N2CCN(Cc3cc(C(=O)N[C@H]4CCCC[C@@H]4O)c(=O)n4ccccc34)CC2=O)cn1.Cn1cc(N2CCN(Cc3cc(C(=O)N[C@H]4CCCC[C@@H]4O)c(=O)n4ccccc34)CC2=O)cn1.Cn1cc(N2CCNCC2=O)cn1.O=Cc1cc(C(=O)N[C@H]2CCCC[C@@H]2O)c(=O)n2ccccc12. The van der Waals surface area contributed by atoms with Gasteiger partial charge in [-0.05, 0) is 148 Å². The van der Waals surface area contributed by atoms with Crippen LogP contribution in [0, 0.1) is 3.57 Å². The van der Waals surface area contributed by atoms with Crippen molar-refractivity contribution in [3.8, 4) is 0 Å². The number of hydrogen-bond acceptors (Lipinski definition) is 23. The lowest BCUT2D eigenvalue weighted by atomic mass is 9.92. The van der Waals surface area contributed by atoms with E-state index >= 15 is 0 Å². The Bertz CT molecular complexity index is 5570. The third-order valence-electron chi connectivity index (χ3n) is 22.7. The van der Waals surface area contributed by atoms with Crippen molar-refractivity contribution in [2.24, 2.45) is 28.2 Å². The molecule has 8 N–H and O–H groups in total. The molecule has 128 heavy (non-hydrogen) atoms. The van der Waals surface area contributed by atoms with E-state index < -0.39 is 64.4 Å². The van der Waals surface area contributed by atoms with E-state index in [1.54, 1.807) is 128 Å². The van der Waals surface area contributed by atoms with Crippen LogP contribution in [0.5, 0.6) is 0 Å². The summed E-state index contributed by atoms with van der Waals surface area (Å²) in [6.07, 6.45) is 27.2. The molecule has 3 saturated carbocycles. The topological polar surface area (TPSA) is 439 Å². The van der Waals surface area contributed by atoms with E-state index in [9.17, 15) is 72.9 Å². The number of halogens is 1. The summed E-state index contributed by atoms with van der Waals surface area (Å²) < 4.78 is 17.4. The molecular weight excluding hydrogens is 1760 g/mol. The fourth-order valence-corrected chi connectivity index (χ4v) is 16.6. The van der Waals surface area contributed by atoms with Crippen LogP contribution in [0.25, 0.3) is 16.6 Å². The first-order valence-corrected chi connectivity index (χ1v) is 43.7. The van der Waals surface area contributed by atoms with Gasteiger partial charge in [-0.3, -0.25) is 99.4 Å². The van der Waals surface area contributed by atoms with Gasteiger partial charge in [0.15, 0.2) is 6.29 Å². The second-order valence-electron chi connectivity index (χ2n) is 33.3. The highest BCUT2D eigenvalue weighted by Crippen LogP contribution is 2.27. The number of aldehydes is 1. The van der Waals surface area contributed by atoms with Gasteiger partial charge in [0, 0.05) is 143 Å². The van der Waals surface area contributed by atoms with E-state index in [1.807, 2.05) is 93.2 Å². The number of rotatable bonds is 14. The number of nitrogens with one attached hydrogen (secondary N) is 5. The van der Waals surface area contributed by atoms with Gasteiger partial charge in [-0.1, -0.05) is 64.2 Å². The van der Waals surface area contributed by atoms with Gasteiger partial charge in [0.25, 0.3) is 34.4 Å². The Morgan fingerprint density at radius 2 is 0.883 bits per heavy atom. The third-order valence-corrected chi connectivity index (χ3v) is 23.2. The predicted octanol–water partition coefficient (Wildman–Crippen LogP) is 4.35. The molecule has 6 atom stereocenters. The summed E-state index contributed by atoms with van der Waals surface area (Å²) >= 11 is 2.22. The maximum absolute atomic E-state index is 13.1. The number of hydrogen-bond donors (Lipinski definition) is 8. The highest BCUT2D eigenvalue weighted by molar-refractivity contribution is 14.1. The smallest absolute Gasteiger partial charge is 0.410 e. The van der Waals surface area contributed by atoms with Crippen LogP contribution in [-0.4, -0.2) is 257 Å². The summed E-state index contributed by atoms with van der Waals surface area (Å²) in [5, 5.41) is 60.9. The van der Waals surface area contributed by atoms with E-state index in [2.05, 4.69) is 69.6 Å². The number of aliphatic hydroxyl groups is 3. The fourth-order valence-electron chi connectivity index (χ4n) is 16.1. The van der Waals surface area contributed by atoms with Crippen molar-refractivity contribution in [1.29, 1.82) is 0 Å². The third kappa shape index (κ3) is 25.2. The Morgan fingerprint density at radius 3 is 1.23 bits per heavy atom. The van der Waals surface area contributed by atoms with E-state index in [-0.39, 0.29) is 91.1 Å². The highest BCUT2D eigenvalue weighted by Gasteiger charge is 2.34. The quantitative estimate of drug-likeness (QED) is 0.0554. The van der Waals surface area contributed by atoms with Gasteiger partial charge in [-0.2, -0.15) is 20.4 Å². The highest BCUT2D eigenvalue weighted by atomic mass is 127. The number of aliphatic hydroxyl groups excluding tert-OH is 3. The molecule has 4 aliphatic heterocycles. The van der Waals surface area contributed by atoms with Gasteiger partial charge >= 0.3 is 6.09 Å². The van der Waals surface area contributed by atoms with Crippen LogP contribution in [0.3, 0.4) is 0 Å². The van der Waals surface area contributed by atoms with Crippen molar-refractivity contribution < 1.29 is 63.2 Å². The Morgan fingerprint density at radius 1 is 0.492 bits per heavy atom. The van der Waals surface area contributed by atoms with Gasteiger partial charge in [0.1, 0.15) is 28.8 Å². The maximum Gasteiger partial charge on any atom is 0.410 e. The van der Waals surface area contributed by atoms with Gasteiger partial charge in [0.05, 0.1) is 118 Å². The second-order valence-corrected chi connectivity index (χ2v) is 34.6. The molecule has 8 amide bonds. The minimum atomic E-state index is -0.600. The number of nitrogens with zero attached hydrogens (tertiary/aromatic N) is 17. The summed E-state index contributed by atoms with van der Waals surface area (Å²) in [6, 6.07) is 19.5. The molecular formula is C89H115IN22O16. The summed E-state index contributed by atoms with van der Waals surface area (Å²) in [5.74, 6) is -1.57. The lowest BCUT2D eigenvalue weighted by Crippen LogP contribution is -2.51. The number of fused-ring (bicyclic) bond motifs is 3. The van der Waals surface area contributed by atoms with Crippen molar-refractivity contribution in [1.82, 2.24) is 93.6 Å². The molecule has 4 saturated heterocycles. The zero-order chi connectivity index (χ0) is 90.8. The number of piperazine rings is 4. The zero-order valence-electron chi connectivity index (χ0n) is 72.3. The number of pyridine rings is 6. The van der Waals surface area contributed by atoms with E-state index in [0.717, 1.165) is 79.8 Å². The number of amides is 8. The largest absolute Gasteiger partial charge is 0.444 e. The predicted molar refractivity (Wildman–Crippen MR) is 487 cm³/mol. The van der Waals surface area contributed by atoms with Crippen LogP contribution in [0.1, 0.15) is 158 Å². The Balaban J connectivity index is 0.000000159. The minimum Gasteiger partial charge on any atom is -0.444 e. The molecule has 3 aliphatic carbocycles. The lowest BCUT2D eigenvalue weighted by Gasteiger charge is -2.33. The number of aromatic nitrogens is 11. The van der Waals surface area contributed by atoms with E-state index in [0.29, 0.717) is 120 Å². The standard InChI is InChI=1S/2C25H30N6O4.C17H18N2O4.C9H16N2O3.C8H12N4O.C4H5IN2.CH4/c2*1-28-15-18(13-26-28)30-11-10-29(16-23(30)33)14-17-12-19(25(35)31-9-5-4-7-21(17)31)24(34)27-20-6-2-3-8-22(20)32;20-10-11-9-12(17(23)19-8-4-3-6-14(11)19)16(22)18-13-5-1-2-7-15(13)21;1-9(2,3)14-8(13)11-5-4-10-7(12)6-11;1-11-6-7(4-10-11)12-3-2-9-5-8(12)13;1-7-3-4(5)2-6-7;/h2*4-5,7,9,12-13,15,20,22,32H,2-3,6,8,10-11,14,16H2,1H3,(H,27,34);3-4,6,8-10,13,15,21H,1-2,5,7H2,(H,18,22);4-6H2,1-3H3,(H,10,12);4,6,9H,2-3,5H2,1H3;2-3H,1H3;1H4/t2*20-,22-;13-,15-;;;;/m000..../s1. The first-order chi connectivity index (χ1) is 60.9. The number of aryl methyl sites for hydroxylation is 4. The molecule has 0 unspecified atom stereocenters. The average molecular weight is 1880 g/mol. The number of anilines is 3. The summed E-state index contributed by atoms with van der Waals surface area (Å²) in [4.78, 5) is 159. The average Bonchev–Trinajstić information content (AvgIpc) is 0.874. The Labute approximate surface area is 753 Å². The molecule has 38 nitrogen and oxygen atoms in total. The zero-order valence-corrected chi connectivity index (χ0v) is 74.5. The van der Waals surface area contributed by atoms with Crippen molar-refractivity contribution in [3.63, 3.8) is 0 Å². The van der Waals surface area contributed by atoms with Crippen LogP contribution in [-0.2, 0) is 65.2 Å². The summed E-state index contributed by atoms with van der Waals surface area (Å²) in [6.45, 7) is 12.2. The van der Waals surface area contributed by atoms with Crippen LogP contribution in [0.4, 0.5) is 21.9 Å².